The number of nitrogens with one attached hydrogen (secondary N) is 1. The summed E-state index contributed by atoms with van der Waals surface area (Å²) in [6.45, 7) is 2.47. The molecular weight excluding hydrogens is 238 g/mol. The third kappa shape index (κ3) is 2.32. The first-order valence-corrected chi connectivity index (χ1v) is 6.33. The number of aryl methyl sites for hydroxylation is 1. The van der Waals surface area contributed by atoms with Crippen LogP contribution in [-0.4, -0.2) is 12.5 Å². The van der Waals surface area contributed by atoms with Crippen LogP contribution in [0.2, 0.25) is 0 Å². The fourth-order valence-electron chi connectivity index (χ4n) is 2.31. The number of carbonyl (C=O) groups excluding carboxylic acids is 1. The number of ether oxygens (including phenoxy) is 1. The lowest BCUT2D eigenvalue weighted by molar-refractivity contribution is 0.0930. The van der Waals surface area contributed by atoms with Gasteiger partial charge >= 0.3 is 0 Å². The summed E-state index contributed by atoms with van der Waals surface area (Å²) in [5, 5.41) is 3.01. The van der Waals surface area contributed by atoms with Crippen LogP contribution in [-0.2, 0) is 0 Å². The summed E-state index contributed by atoms with van der Waals surface area (Å²) in [5.41, 5.74) is 2.81. The fraction of sp³-hybridized carbons (Fsp3) is 0.188. The highest BCUT2D eigenvalue weighted by Crippen LogP contribution is 2.31. The van der Waals surface area contributed by atoms with E-state index in [0.29, 0.717) is 12.2 Å². The quantitative estimate of drug-likeness (QED) is 0.893. The van der Waals surface area contributed by atoms with Gasteiger partial charge in [0, 0.05) is 11.1 Å². The molecule has 3 nitrogen and oxygen atoms in total. The monoisotopic (exact) mass is 253 g/mol. The topological polar surface area (TPSA) is 38.3 Å². The molecule has 1 unspecified atom stereocenters. The maximum absolute atomic E-state index is 12.2. The van der Waals surface area contributed by atoms with Gasteiger partial charge in [-0.25, -0.2) is 0 Å². The van der Waals surface area contributed by atoms with Crippen molar-refractivity contribution in [1.29, 1.82) is 0 Å². The highest BCUT2D eigenvalue weighted by Gasteiger charge is 2.25. The van der Waals surface area contributed by atoms with E-state index in [2.05, 4.69) is 5.32 Å². The number of para-hydroxylation sites is 1. The van der Waals surface area contributed by atoms with Gasteiger partial charge in [-0.1, -0.05) is 35.9 Å². The van der Waals surface area contributed by atoms with Gasteiger partial charge in [0.25, 0.3) is 5.91 Å². The molecule has 2 aromatic rings. The average Bonchev–Trinajstić information content (AvgIpc) is 2.82. The van der Waals surface area contributed by atoms with E-state index in [4.69, 9.17) is 4.74 Å². The predicted molar refractivity (Wildman–Crippen MR) is 73.3 cm³/mol. The zero-order valence-corrected chi connectivity index (χ0v) is 10.7. The number of carbonyl (C=O) groups is 1. The zero-order chi connectivity index (χ0) is 13.2. The Morgan fingerprint density at radius 1 is 1.21 bits per heavy atom. The molecule has 3 rings (SSSR count). The van der Waals surface area contributed by atoms with Crippen LogP contribution in [0.25, 0.3) is 0 Å². The lowest BCUT2D eigenvalue weighted by atomic mass is 10.1. The molecule has 0 bridgehead atoms. The highest BCUT2D eigenvalue weighted by atomic mass is 16.5. The van der Waals surface area contributed by atoms with Gasteiger partial charge in [-0.2, -0.15) is 0 Å². The Morgan fingerprint density at radius 3 is 2.89 bits per heavy atom. The molecular formula is C16H15NO2. The van der Waals surface area contributed by atoms with Crippen LogP contribution in [0.1, 0.15) is 27.5 Å². The van der Waals surface area contributed by atoms with Crippen LogP contribution in [0.3, 0.4) is 0 Å². The minimum atomic E-state index is -0.0655. The van der Waals surface area contributed by atoms with Crippen molar-refractivity contribution in [1.82, 2.24) is 5.32 Å². The van der Waals surface area contributed by atoms with Gasteiger partial charge in [0.05, 0.1) is 6.04 Å². The van der Waals surface area contributed by atoms with E-state index in [1.807, 2.05) is 55.5 Å². The van der Waals surface area contributed by atoms with Gasteiger partial charge in [0.1, 0.15) is 12.4 Å². The first-order chi connectivity index (χ1) is 9.24. The van der Waals surface area contributed by atoms with Gasteiger partial charge in [0.2, 0.25) is 0 Å². The SMILES string of the molecule is Cc1cccc(C(=O)NC2COc3ccccc32)c1. The Kier molecular flexibility index (Phi) is 2.95. The molecule has 1 aliphatic rings. The summed E-state index contributed by atoms with van der Waals surface area (Å²) >= 11 is 0. The molecule has 1 atom stereocenters. The zero-order valence-electron chi connectivity index (χ0n) is 10.7. The second kappa shape index (κ2) is 4.76. The van der Waals surface area contributed by atoms with Gasteiger partial charge in [0.15, 0.2) is 0 Å². The third-order valence-electron chi connectivity index (χ3n) is 3.29. The second-order valence-electron chi connectivity index (χ2n) is 4.74. The molecule has 0 aromatic heterocycles. The average molecular weight is 253 g/mol. The lowest BCUT2D eigenvalue weighted by Crippen LogP contribution is -2.29. The van der Waals surface area contributed by atoms with Crippen LogP contribution >= 0.6 is 0 Å². The van der Waals surface area contributed by atoms with Crippen molar-refractivity contribution in [2.45, 2.75) is 13.0 Å². The van der Waals surface area contributed by atoms with Gasteiger partial charge in [-0.15, -0.1) is 0 Å². The molecule has 0 spiro atoms. The van der Waals surface area contributed by atoms with Crippen molar-refractivity contribution in [2.24, 2.45) is 0 Å². The molecule has 1 heterocycles. The van der Waals surface area contributed by atoms with Crippen molar-refractivity contribution in [3.05, 3.63) is 65.2 Å². The Labute approximate surface area is 112 Å². The standard InChI is InChI=1S/C16H15NO2/c1-11-5-4-6-12(9-11)16(18)17-14-10-19-15-8-3-2-7-13(14)15/h2-9,14H,10H2,1H3,(H,17,18). The Hall–Kier alpha value is -2.29. The number of amides is 1. The van der Waals surface area contributed by atoms with Crippen molar-refractivity contribution in [2.75, 3.05) is 6.61 Å². The second-order valence-corrected chi connectivity index (χ2v) is 4.74. The summed E-state index contributed by atoms with van der Waals surface area (Å²) in [4.78, 5) is 12.2. The molecule has 96 valence electrons. The molecule has 19 heavy (non-hydrogen) atoms. The lowest BCUT2D eigenvalue weighted by Gasteiger charge is -2.12. The normalized spacial score (nSPS) is 16.6. The van der Waals surface area contributed by atoms with Crippen molar-refractivity contribution in [3.63, 3.8) is 0 Å². The van der Waals surface area contributed by atoms with Crippen LogP contribution in [0.4, 0.5) is 0 Å². The summed E-state index contributed by atoms with van der Waals surface area (Å²) in [6.07, 6.45) is 0. The molecule has 1 amide bonds. The third-order valence-corrected chi connectivity index (χ3v) is 3.29. The molecule has 0 aliphatic carbocycles. The van der Waals surface area contributed by atoms with E-state index >= 15 is 0 Å². The molecule has 1 N–H and O–H groups in total. The number of hydrogen-bond donors (Lipinski definition) is 1. The molecule has 1 aliphatic heterocycles. The number of benzene rings is 2. The molecule has 0 radical (unpaired) electrons. The van der Waals surface area contributed by atoms with Crippen LogP contribution in [0.15, 0.2) is 48.5 Å². The first kappa shape index (κ1) is 11.8. The number of hydrogen-bond acceptors (Lipinski definition) is 2. The predicted octanol–water partition coefficient (Wildman–Crippen LogP) is 2.86. The summed E-state index contributed by atoms with van der Waals surface area (Å²) in [6, 6.07) is 15.3. The molecule has 0 saturated heterocycles. The van der Waals surface area contributed by atoms with Gasteiger partial charge in [-0.3, -0.25) is 4.79 Å². The van der Waals surface area contributed by atoms with Gasteiger partial charge in [-0.05, 0) is 25.1 Å². The van der Waals surface area contributed by atoms with E-state index in [0.717, 1.165) is 16.9 Å². The maximum Gasteiger partial charge on any atom is 0.251 e. The molecule has 2 aromatic carbocycles. The summed E-state index contributed by atoms with van der Waals surface area (Å²) < 4.78 is 5.56. The summed E-state index contributed by atoms with van der Waals surface area (Å²) in [5.74, 6) is 0.797. The van der Waals surface area contributed by atoms with E-state index in [1.165, 1.54) is 0 Å². The van der Waals surface area contributed by atoms with Crippen molar-refractivity contribution >= 4 is 5.91 Å². The van der Waals surface area contributed by atoms with E-state index in [1.54, 1.807) is 0 Å². The van der Waals surface area contributed by atoms with Crippen molar-refractivity contribution < 1.29 is 9.53 Å². The molecule has 0 fully saturated rings. The van der Waals surface area contributed by atoms with E-state index < -0.39 is 0 Å². The largest absolute Gasteiger partial charge is 0.491 e. The Balaban J connectivity index is 1.78. The Bertz CT molecular complexity index is 622. The number of fused-ring (bicyclic) bond motifs is 1. The fourth-order valence-corrected chi connectivity index (χ4v) is 2.31. The highest BCUT2D eigenvalue weighted by molar-refractivity contribution is 5.94. The van der Waals surface area contributed by atoms with E-state index in [9.17, 15) is 4.79 Å². The smallest absolute Gasteiger partial charge is 0.251 e. The van der Waals surface area contributed by atoms with Gasteiger partial charge < -0.3 is 10.1 Å². The van der Waals surface area contributed by atoms with Crippen LogP contribution in [0.5, 0.6) is 5.75 Å². The van der Waals surface area contributed by atoms with E-state index in [-0.39, 0.29) is 11.9 Å². The minimum absolute atomic E-state index is 0.0611. The minimum Gasteiger partial charge on any atom is -0.491 e. The Morgan fingerprint density at radius 2 is 2.05 bits per heavy atom. The van der Waals surface area contributed by atoms with Crippen LogP contribution < -0.4 is 10.1 Å². The van der Waals surface area contributed by atoms with Crippen LogP contribution in [0, 0.1) is 6.92 Å². The number of rotatable bonds is 2. The maximum atomic E-state index is 12.2. The first-order valence-electron chi connectivity index (χ1n) is 6.33. The van der Waals surface area contributed by atoms with Crippen molar-refractivity contribution in [3.8, 4) is 5.75 Å². The molecule has 0 saturated carbocycles. The molecule has 3 heteroatoms. The summed E-state index contributed by atoms with van der Waals surface area (Å²) in [7, 11) is 0.